The van der Waals surface area contributed by atoms with E-state index >= 15 is 0 Å². The third kappa shape index (κ3) is 4.08. The molecule has 0 unspecified atom stereocenters. The molecular weight excluding hydrogens is 402 g/mol. The number of anilines is 1. The molecule has 11 heteroatoms. The molecule has 31 heavy (non-hydrogen) atoms. The molecular formula is C20H25N7O4. The number of hydrogen-bond donors (Lipinski definition) is 5. The Balaban J connectivity index is 1.56. The Kier molecular flexibility index (Phi) is 6.09. The predicted molar refractivity (Wildman–Crippen MR) is 112 cm³/mol. The Morgan fingerprint density at radius 1 is 1.23 bits per heavy atom. The van der Waals surface area contributed by atoms with Gasteiger partial charge in [0.2, 0.25) is 0 Å². The summed E-state index contributed by atoms with van der Waals surface area (Å²) in [5.74, 6) is -0.0172. The predicted octanol–water partition coefficient (Wildman–Crippen LogP) is -0.559. The van der Waals surface area contributed by atoms with Crippen LogP contribution in [-0.4, -0.2) is 67.0 Å². The number of aryl methyl sites for hydroxylation is 1. The first-order valence-corrected chi connectivity index (χ1v) is 9.96. The number of rotatable bonds is 7. The van der Waals surface area contributed by atoms with Gasteiger partial charge in [-0.3, -0.25) is 9.36 Å². The maximum Gasteiger partial charge on any atom is 0.252 e. The van der Waals surface area contributed by atoms with E-state index in [1.165, 1.54) is 17.2 Å². The van der Waals surface area contributed by atoms with Crippen molar-refractivity contribution in [2.45, 2.75) is 38.0 Å². The molecule has 1 aliphatic heterocycles. The fourth-order valence-electron chi connectivity index (χ4n) is 3.56. The van der Waals surface area contributed by atoms with Gasteiger partial charge in [0.1, 0.15) is 18.5 Å². The fraction of sp³-hybridized carbons (Fsp3) is 0.400. The molecule has 0 saturated carbocycles. The molecule has 1 aliphatic rings. The van der Waals surface area contributed by atoms with Crippen LogP contribution in [0.4, 0.5) is 5.82 Å². The number of fused-ring (bicyclic) bond motifs is 1. The molecule has 3 heterocycles. The highest BCUT2D eigenvalue weighted by molar-refractivity contribution is 5.83. The van der Waals surface area contributed by atoms with Crippen molar-refractivity contribution in [3.63, 3.8) is 0 Å². The summed E-state index contributed by atoms with van der Waals surface area (Å²) in [7, 11) is 0. The largest absolute Gasteiger partial charge is 0.387 e. The van der Waals surface area contributed by atoms with Crippen molar-refractivity contribution in [2.24, 2.45) is 5.73 Å². The number of carbonyl (C=O) groups excluding carboxylic acids is 1. The van der Waals surface area contributed by atoms with Crippen molar-refractivity contribution in [3.05, 3.63) is 48.0 Å². The molecule has 1 saturated heterocycles. The zero-order valence-electron chi connectivity index (χ0n) is 17.0. The van der Waals surface area contributed by atoms with Crippen molar-refractivity contribution in [3.8, 4) is 0 Å². The lowest BCUT2D eigenvalue weighted by Crippen LogP contribution is -2.44. The number of nitrogens with zero attached hydrogens (tertiary/aromatic N) is 4. The number of aromatic nitrogens is 4. The van der Waals surface area contributed by atoms with E-state index in [1.807, 2.05) is 31.2 Å². The minimum absolute atomic E-state index is 0.239. The molecule has 2 aromatic heterocycles. The molecule has 1 fully saturated rings. The lowest BCUT2D eigenvalue weighted by molar-refractivity contribution is -0.137. The topological polar surface area (TPSA) is 160 Å². The average Bonchev–Trinajstić information content (AvgIpc) is 3.33. The number of nitrogens with two attached hydrogens (primary N) is 1. The molecule has 0 aliphatic carbocycles. The minimum atomic E-state index is -1.40. The number of aliphatic hydroxyl groups is 2. The van der Waals surface area contributed by atoms with Gasteiger partial charge in [-0.25, -0.2) is 15.0 Å². The van der Waals surface area contributed by atoms with Gasteiger partial charge in [-0.15, -0.1) is 0 Å². The van der Waals surface area contributed by atoms with Crippen molar-refractivity contribution in [2.75, 3.05) is 18.4 Å². The summed E-state index contributed by atoms with van der Waals surface area (Å²) in [6, 6.07) is 8.01. The smallest absolute Gasteiger partial charge is 0.252 e. The second-order valence-corrected chi connectivity index (χ2v) is 7.33. The van der Waals surface area contributed by atoms with Crippen LogP contribution in [0.5, 0.6) is 0 Å². The number of benzene rings is 1. The molecule has 1 aromatic carbocycles. The molecule has 3 aromatic rings. The van der Waals surface area contributed by atoms with Gasteiger partial charge >= 0.3 is 0 Å². The van der Waals surface area contributed by atoms with Crippen LogP contribution in [0.15, 0.2) is 36.9 Å². The molecule has 0 spiro atoms. The van der Waals surface area contributed by atoms with Crippen molar-refractivity contribution in [1.82, 2.24) is 24.8 Å². The first-order chi connectivity index (χ1) is 15.0. The molecule has 4 rings (SSSR count). The quantitative estimate of drug-likeness (QED) is 0.333. The van der Waals surface area contributed by atoms with Crippen molar-refractivity contribution >= 4 is 22.9 Å². The van der Waals surface area contributed by atoms with Crippen LogP contribution in [0.1, 0.15) is 17.4 Å². The minimum Gasteiger partial charge on any atom is -0.387 e. The SMILES string of the molecule is Cc1ccccc1CNc1ncnc2c1ncn2[C@@H]1O[C@H](C(=O)NCCN)[C@@H](O)[C@H]1O. The maximum atomic E-state index is 12.2. The highest BCUT2D eigenvalue weighted by Gasteiger charge is 2.47. The maximum absolute atomic E-state index is 12.2. The van der Waals surface area contributed by atoms with Gasteiger partial charge in [-0.2, -0.15) is 0 Å². The third-order valence-corrected chi connectivity index (χ3v) is 5.28. The number of aliphatic hydroxyl groups excluding tert-OH is 2. The summed E-state index contributed by atoms with van der Waals surface area (Å²) in [4.78, 5) is 25.1. The number of amides is 1. The molecule has 11 nitrogen and oxygen atoms in total. The Labute approximate surface area is 178 Å². The zero-order chi connectivity index (χ0) is 22.0. The Morgan fingerprint density at radius 2 is 2.03 bits per heavy atom. The zero-order valence-corrected chi connectivity index (χ0v) is 17.0. The van der Waals surface area contributed by atoms with Crippen LogP contribution < -0.4 is 16.4 Å². The van der Waals surface area contributed by atoms with Gasteiger partial charge in [0.25, 0.3) is 5.91 Å². The first-order valence-electron chi connectivity index (χ1n) is 9.96. The Bertz CT molecular complexity index is 1070. The fourth-order valence-corrected chi connectivity index (χ4v) is 3.56. The summed E-state index contributed by atoms with van der Waals surface area (Å²) in [5.41, 5.74) is 8.55. The number of carbonyl (C=O) groups is 1. The van der Waals surface area contributed by atoms with E-state index in [2.05, 4.69) is 25.6 Å². The molecule has 164 valence electrons. The van der Waals surface area contributed by atoms with E-state index in [-0.39, 0.29) is 13.1 Å². The second kappa shape index (κ2) is 8.94. The van der Waals surface area contributed by atoms with E-state index in [0.717, 1.165) is 11.1 Å². The Hall–Kier alpha value is -3.12. The summed E-state index contributed by atoms with van der Waals surface area (Å²) < 4.78 is 7.16. The van der Waals surface area contributed by atoms with Crippen LogP contribution in [0, 0.1) is 6.92 Å². The van der Waals surface area contributed by atoms with Crippen molar-refractivity contribution < 1.29 is 19.7 Å². The number of hydrogen-bond acceptors (Lipinski definition) is 9. The summed E-state index contributed by atoms with van der Waals surface area (Å²) >= 11 is 0. The molecule has 0 radical (unpaired) electrons. The molecule has 6 N–H and O–H groups in total. The van der Waals surface area contributed by atoms with Crippen LogP contribution in [0.25, 0.3) is 11.2 Å². The van der Waals surface area contributed by atoms with Crippen molar-refractivity contribution in [1.29, 1.82) is 0 Å². The molecule has 1 amide bonds. The monoisotopic (exact) mass is 427 g/mol. The average molecular weight is 427 g/mol. The standard InChI is InChI=1S/C20H25N7O4/c1-11-4-2-3-5-12(11)8-23-17-13-18(25-9-24-17)27(10-26-13)20-15(29)14(28)16(31-20)19(30)22-7-6-21/h2-5,9-10,14-16,20,28-29H,6-8,21H2,1H3,(H,22,30)(H,23,24,25)/t14-,15+,16-,20+/m0/s1. The highest BCUT2D eigenvalue weighted by Crippen LogP contribution is 2.32. The third-order valence-electron chi connectivity index (χ3n) is 5.28. The van der Waals surface area contributed by atoms with E-state index in [9.17, 15) is 15.0 Å². The number of nitrogens with one attached hydrogen (secondary N) is 2. The van der Waals surface area contributed by atoms with Gasteiger partial charge in [-0.05, 0) is 18.1 Å². The lowest BCUT2D eigenvalue weighted by Gasteiger charge is -2.16. The van der Waals surface area contributed by atoms with E-state index < -0.39 is 30.4 Å². The summed E-state index contributed by atoms with van der Waals surface area (Å²) in [6.07, 6.45) is -2.19. The molecule has 0 bridgehead atoms. The second-order valence-electron chi connectivity index (χ2n) is 7.33. The van der Waals surface area contributed by atoms with E-state index in [0.29, 0.717) is 23.5 Å². The van der Waals surface area contributed by atoms with Crippen LogP contribution in [0.3, 0.4) is 0 Å². The lowest BCUT2D eigenvalue weighted by atomic mass is 10.1. The highest BCUT2D eigenvalue weighted by atomic mass is 16.6. The van der Waals surface area contributed by atoms with E-state index in [4.69, 9.17) is 10.5 Å². The van der Waals surface area contributed by atoms with E-state index in [1.54, 1.807) is 0 Å². The summed E-state index contributed by atoms with van der Waals surface area (Å²) in [6.45, 7) is 3.08. The van der Waals surface area contributed by atoms with Gasteiger partial charge < -0.3 is 31.3 Å². The molecule has 4 atom stereocenters. The Morgan fingerprint density at radius 3 is 2.81 bits per heavy atom. The number of ether oxygens (including phenoxy) is 1. The summed E-state index contributed by atoms with van der Waals surface area (Å²) in [5, 5.41) is 26.6. The van der Waals surface area contributed by atoms with Gasteiger partial charge in [-0.1, -0.05) is 24.3 Å². The van der Waals surface area contributed by atoms with Crippen LogP contribution in [-0.2, 0) is 16.1 Å². The van der Waals surface area contributed by atoms with Gasteiger partial charge in [0, 0.05) is 19.6 Å². The van der Waals surface area contributed by atoms with Crippen LogP contribution in [0.2, 0.25) is 0 Å². The number of imidazole rings is 1. The van der Waals surface area contributed by atoms with Crippen LogP contribution >= 0.6 is 0 Å². The van der Waals surface area contributed by atoms with Gasteiger partial charge in [0.15, 0.2) is 29.3 Å². The normalized spacial score (nSPS) is 23.2. The van der Waals surface area contributed by atoms with Gasteiger partial charge in [0.05, 0.1) is 6.33 Å². The first kappa shape index (κ1) is 21.1.